The molecule has 1 spiro atoms. The number of carbonyl (C=O) groups excluding carboxylic acids is 2. The van der Waals surface area contributed by atoms with Crippen LogP contribution in [-0.2, 0) is 11.3 Å². The van der Waals surface area contributed by atoms with Crippen LogP contribution in [0, 0.1) is 18.3 Å². The molecule has 5 rings (SSSR count). The van der Waals surface area contributed by atoms with Crippen LogP contribution in [0.4, 0.5) is 11.4 Å². The Bertz CT molecular complexity index is 1150. The van der Waals surface area contributed by atoms with Gasteiger partial charge in [0.05, 0.1) is 11.9 Å². The number of pyridine rings is 1. The van der Waals surface area contributed by atoms with Crippen molar-refractivity contribution >= 4 is 40.5 Å². The summed E-state index contributed by atoms with van der Waals surface area (Å²) >= 11 is 5.76. The molecule has 3 heterocycles. The van der Waals surface area contributed by atoms with Gasteiger partial charge in [0.2, 0.25) is 0 Å². The number of benzene rings is 1. The van der Waals surface area contributed by atoms with E-state index in [-0.39, 0.29) is 11.8 Å². The number of anilines is 2. The predicted octanol–water partition coefficient (Wildman–Crippen LogP) is 2.57. The second kappa shape index (κ2) is 6.09. The van der Waals surface area contributed by atoms with Crippen molar-refractivity contribution in [1.29, 1.82) is 5.26 Å². The van der Waals surface area contributed by atoms with Gasteiger partial charge in [-0.2, -0.15) is 5.26 Å². The Morgan fingerprint density at radius 3 is 2.69 bits per heavy atom. The molecule has 2 aromatic rings. The van der Waals surface area contributed by atoms with Crippen LogP contribution in [0.3, 0.4) is 0 Å². The quantitative estimate of drug-likeness (QED) is 0.776. The summed E-state index contributed by atoms with van der Waals surface area (Å²) in [5.74, 6) is -0.139. The Hall–Kier alpha value is -3.31. The molecule has 3 aliphatic rings. The van der Waals surface area contributed by atoms with Crippen LogP contribution < -0.4 is 15.1 Å². The zero-order valence-electron chi connectivity index (χ0n) is 15.7. The number of hydrogen-bond acceptors (Lipinski definition) is 5. The third kappa shape index (κ3) is 2.34. The molecule has 1 N–H and O–H groups in total. The molecular formula is C21H17N5O2S. The van der Waals surface area contributed by atoms with E-state index in [2.05, 4.69) is 10.3 Å². The molecule has 0 atom stereocenters. The Labute approximate surface area is 172 Å². The molecule has 1 aliphatic carbocycles. The standard InChI is InChI=1S/C21H17N5O2S/c1-12-7-15(11-23-17(12)9-22)25-19(28)21(5-2-6-21)26(20(25)29)14-3-4-16-13(8-14)10-24-18(16)27/h3-4,7-8,11H,2,5-6,10H2,1H3,(H,24,27). The minimum Gasteiger partial charge on any atom is -0.348 e. The zero-order valence-corrected chi connectivity index (χ0v) is 16.5. The lowest BCUT2D eigenvalue weighted by atomic mass is 9.75. The fourth-order valence-electron chi connectivity index (χ4n) is 4.37. The topological polar surface area (TPSA) is 89.3 Å². The van der Waals surface area contributed by atoms with Gasteiger partial charge in [-0.15, -0.1) is 0 Å². The lowest BCUT2D eigenvalue weighted by molar-refractivity contribution is -0.123. The maximum Gasteiger partial charge on any atom is 0.259 e. The molecule has 1 saturated heterocycles. The molecule has 1 aromatic heterocycles. The van der Waals surface area contributed by atoms with Crippen LogP contribution in [0.15, 0.2) is 30.5 Å². The smallest absolute Gasteiger partial charge is 0.259 e. The molecule has 0 bridgehead atoms. The molecule has 2 amide bonds. The van der Waals surface area contributed by atoms with Crippen molar-refractivity contribution in [3.63, 3.8) is 0 Å². The third-order valence-electron chi connectivity index (χ3n) is 6.05. The summed E-state index contributed by atoms with van der Waals surface area (Å²) in [5, 5.41) is 12.4. The zero-order chi connectivity index (χ0) is 20.3. The van der Waals surface area contributed by atoms with Gasteiger partial charge < -0.3 is 10.2 Å². The van der Waals surface area contributed by atoms with Crippen LogP contribution in [-0.4, -0.2) is 27.4 Å². The van der Waals surface area contributed by atoms with Gasteiger partial charge in [0.15, 0.2) is 5.11 Å². The van der Waals surface area contributed by atoms with Crippen molar-refractivity contribution in [2.75, 3.05) is 9.80 Å². The summed E-state index contributed by atoms with van der Waals surface area (Å²) in [6, 6.07) is 9.41. The monoisotopic (exact) mass is 403 g/mol. The number of amides is 2. The van der Waals surface area contributed by atoms with Crippen molar-refractivity contribution < 1.29 is 9.59 Å². The first kappa shape index (κ1) is 17.8. The van der Waals surface area contributed by atoms with Crippen molar-refractivity contribution in [2.45, 2.75) is 38.3 Å². The average Bonchev–Trinajstić information content (AvgIpc) is 3.15. The summed E-state index contributed by atoms with van der Waals surface area (Å²) in [6.45, 7) is 2.27. The van der Waals surface area contributed by atoms with Crippen LogP contribution in [0.25, 0.3) is 0 Å². The first-order valence-corrected chi connectivity index (χ1v) is 9.84. The number of thiocarbonyl (C=S) groups is 1. The van der Waals surface area contributed by atoms with Crippen molar-refractivity contribution in [1.82, 2.24) is 10.3 Å². The van der Waals surface area contributed by atoms with Crippen molar-refractivity contribution in [3.05, 3.63) is 52.8 Å². The van der Waals surface area contributed by atoms with E-state index in [4.69, 9.17) is 17.5 Å². The van der Waals surface area contributed by atoms with Gasteiger partial charge in [0.25, 0.3) is 11.8 Å². The first-order valence-electron chi connectivity index (χ1n) is 9.43. The summed E-state index contributed by atoms with van der Waals surface area (Å²) in [4.78, 5) is 33.0. The van der Waals surface area contributed by atoms with E-state index in [1.54, 1.807) is 19.1 Å². The lowest BCUT2D eigenvalue weighted by Gasteiger charge is -2.43. The van der Waals surface area contributed by atoms with Crippen LogP contribution in [0.2, 0.25) is 0 Å². The number of fused-ring (bicyclic) bond motifs is 1. The molecule has 8 heteroatoms. The van der Waals surface area contributed by atoms with Gasteiger partial charge in [-0.3, -0.25) is 14.5 Å². The minimum absolute atomic E-state index is 0.0608. The number of aromatic nitrogens is 1. The highest BCUT2D eigenvalue weighted by molar-refractivity contribution is 7.81. The summed E-state index contributed by atoms with van der Waals surface area (Å²) in [7, 11) is 0. The Morgan fingerprint density at radius 1 is 1.24 bits per heavy atom. The van der Waals surface area contributed by atoms with E-state index >= 15 is 0 Å². The highest BCUT2D eigenvalue weighted by atomic mass is 32.1. The van der Waals surface area contributed by atoms with E-state index < -0.39 is 5.54 Å². The average molecular weight is 403 g/mol. The molecule has 144 valence electrons. The van der Waals surface area contributed by atoms with Crippen molar-refractivity contribution in [2.24, 2.45) is 0 Å². The molecule has 0 radical (unpaired) electrons. The van der Waals surface area contributed by atoms with E-state index in [9.17, 15) is 9.59 Å². The summed E-state index contributed by atoms with van der Waals surface area (Å²) < 4.78 is 0. The number of nitrogens with zero attached hydrogens (tertiary/aromatic N) is 4. The van der Waals surface area contributed by atoms with Gasteiger partial charge in [-0.1, -0.05) is 0 Å². The number of aryl methyl sites for hydroxylation is 1. The van der Waals surface area contributed by atoms with Gasteiger partial charge in [0, 0.05) is 17.8 Å². The molecule has 0 unspecified atom stereocenters. The highest BCUT2D eigenvalue weighted by Crippen LogP contribution is 2.48. The number of rotatable bonds is 2. The highest BCUT2D eigenvalue weighted by Gasteiger charge is 2.59. The minimum atomic E-state index is -0.691. The normalized spacial score (nSPS) is 19.2. The first-order chi connectivity index (χ1) is 14.0. The number of carbonyl (C=O) groups is 2. The van der Waals surface area contributed by atoms with Crippen LogP contribution in [0.1, 0.15) is 46.4 Å². The van der Waals surface area contributed by atoms with Crippen molar-refractivity contribution in [3.8, 4) is 6.07 Å². The molecular weight excluding hydrogens is 386 g/mol. The number of nitriles is 1. The van der Waals surface area contributed by atoms with Gasteiger partial charge in [0.1, 0.15) is 17.3 Å². The Kier molecular flexibility index (Phi) is 3.73. The molecule has 29 heavy (non-hydrogen) atoms. The van der Waals surface area contributed by atoms with Gasteiger partial charge >= 0.3 is 0 Å². The summed E-state index contributed by atoms with van der Waals surface area (Å²) in [6.07, 6.45) is 3.92. The van der Waals surface area contributed by atoms with E-state index in [1.165, 1.54) is 11.1 Å². The maximum absolute atomic E-state index is 13.5. The van der Waals surface area contributed by atoms with Gasteiger partial charge in [-0.05, 0) is 73.8 Å². The SMILES string of the molecule is Cc1cc(N2C(=O)C3(CCC3)N(c3ccc4c(c3)CNC4=O)C2=S)cnc1C#N. The molecule has 7 nitrogen and oxygen atoms in total. The van der Waals surface area contributed by atoms with Crippen LogP contribution >= 0.6 is 12.2 Å². The fraction of sp³-hybridized carbons (Fsp3) is 0.286. The molecule has 2 fully saturated rings. The van der Waals surface area contributed by atoms with E-state index in [0.717, 1.165) is 30.5 Å². The second-order valence-corrected chi connectivity index (χ2v) is 8.00. The largest absolute Gasteiger partial charge is 0.348 e. The number of hydrogen-bond donors (Lipinski definition) is 1. The number of nitrogens with one attached hydrogen (secondary N) is 1. The second-order valence-electron chi connectivity index (χ2n) is 7.64. The predicted molar refractivity (Wildman–Crippen MR) is 110 cm³/mol. The molecule has 1 saturated carbocycles. The van der Waals surface area contributed by atoms with E-state index in [0.29, 0.717) is 34.2 Å². The molecule has 2 aliphatic heterocycles. The van der Waals surface area contributed by atoms with Crippen LogP contribution in [0.5, 0.6) is 0 Å². The Morgan fingerprint density at radius 2 is 2.03 bits per heavy atom. The Balaban J connectivity index is 1.59. The lowest BCUT2D eigenvalue weighted by Crippen LogP contribution is -2.55. The van der Waals surface area contributed by atoms with E-state index in [1.807, 2.05) is 23.1 Å². The molecule has 1 aromatic carbocycles. The maximum atomic E-state index is 13.5. The third-order valence-corrected chi connectivity index (χ3v) is 6.42. The summed E-state index contributed by atoms with van der Waals surface area (Å²) in [5.41, 5.74) is 3.30. The van der Waals surface area contributed by atoms with Gasteiger partial charge in [-0.25, -0.2) is 4.98 Å². The fourth-order valence-corrected chi connectivity index (χ4v) is 4.83.